The highest BCUT2D eigenvalue weighted by atomic mass is 79.9. The molecule has 5 nitrogen and oxygen atoms in total. The fourth-order valence-corrected chi connectivity index (χ4v) is 2.46. The molecule has 0 unspecified atom stereocenters. The minimum Gasteiger partial charge on any atom is -0.484 e. The van der Waals surface area contributed by atoms with Crippen LogP contribution in [-0.2, 0) is 4.79 Å². The Morgan fingerprint density at radius 1 is 1.17 bits per heavy atom. The number of hydrogen-bond donors (Lipinski definition) is 1. The van der Waals surface area contributed by atoms with E-state index < -0.39 is 0 Å². The normalized spacial score (nSPS) is 10.4. The Bertz CT molecular complexity index is 829. The van der Waals surface area contributed by atoms with Crippen LogP contribution in [0, 0.1) is 6.92 Å². The number of aromatic nitrogens is 2. The predicted octanol–water partition coefficient (Wildman–Crippen LogP) is 3.96. The highest BCUT2D eigenvalue weighted by Crippen LogP contribution is 2.20. The average molecular weight is 386 g/mol. The molecule has 24 heavy (non-hydrogen) atoms. The van der Waals surface area contributed by atoms with Gasteiger partial charge in [-0.05, 0) is 43.3 Å². The Kier molecular flexibility index (Phi) is 4.96. The zero-order valence-corrected chi connectivity index (χ0v) is 14.7. The molecule has 1 aromatic heterocycles. The second-order valence-corrected chi connectivity index (χ2v) is 6.13. The lowest BCUT2D eigenvalue weighted by atomic mass is 10.3. The van der Waals surface area contributed by atoms with Gasteiger partial charge < -0.3 is 10.1 Å². The van der Waals surface area contributed by atoms with Gasteiger partial charge in [-0.15, -0.1) is 0 Å². The molecule has 1 N–H and O–H groups in total. The van der Waals surface area contributed by atoms with Crippen LogP contribution in [0.15, 0.2) is 65.3 Å². The van der Waals surface area contributed by atoms with E-state index in [-0.39, 0.29) is 12.5 Å². The molecule has 3 aromatic rings. The van der Waals surface area contributed by atoms with Crippen LogP contribution < -0.4 is 10.1 Å². The molecular formula is C18H16BrN3O2. The van der Waals surface area contributed by atoms with Crippen molar-refractivity contribution in [3.8, 4) is 11.4 Å². The number of anilines is 1. The molecule has 0 aliphatic heterocycles. The number of ether oxygens (including phenoxy) is 1. The molecule has 1 amide bonds. The topological polar surface area (TPSA) is 56.2 Å². The van der Waals surface area contributed by atoms with Gasteiger partial charge in [0.25, 0.3) is 5.91 Å². The number of para-hydroxylation sites is 1. The van der Waals surface area contributed by atoms with Gasteiger partial charge >= 0.3 is 0 Å². The maximum Gasteiger partial charge on any atom is 0.263 e. The Labute approximate surface area is 148 Å². The van der Waals surface area contributed by atoms with Gasteiger partial charge in [0.05, 0.1) is 11.9 Å². The Morgan fingerprint density at radius 3 is 2.58 bits per heavy atom. The fraction of sp³-hybridized carbons (Fsp3) is 0.111. The molecule has 0 atom stereocenters. The number of benzene rings is 2. The fourth-order valence-electron chi connectivity index (χ4n) is 2.19. The number of amides is 1. The highest BCUT2D eigenvalue weighted by Gasteiger charge is 2.13. The smallest absolute Gasteiger partial charge is 0.263 e. The maximum atomic E-state index is 12.2. The Hall–Kier alpha value is -2.60. The summed E-state index contributed by atoms with van der Waals surface area (Å²) in [5.74, 6) is 1.05. The number of halogens is 1. The average Bonchev–Trinajstić information content (AvgIpc) is 2.96. The zero-order valence-electron chi connectivity index (χ0n) is 13.1. The number of nitrogens with zero attached hydrogens (tertiary/aromatic N) is 2. The van der Waals surface area contributed by atoms with E-state index in [2.05, 4.69) is 26.3 Å². The van der Waals surface area contributed by atoms with E-state index in [9.17, 15) is 4.79 Å². The number of carbonyl (C=O) groups is 1. The van der Waals surface area contributed by atoms with Gasteiger partial charge in [0.1, 0.15) is 11.6 Å². The summed E-state index contributed by atoms with van der Waals surface area (Å²) in [7, 11) is 0. The minimum atomic E-state index is -0.237. The summed E-state index contributed by atoms with van der Waals surface area (Å²) in [5, 5.41) is 7.19. The molecule has 0 bridgehead atoms. The maximum absolute atomic E-state index is 12.2. The first-order valence-electron chi connectivity index (χ1n) is 7.42. The largest absolute Gasteiger partial charge is 0.484 e. The molecule has 0 spiro atoms. The summed E-state index contributed by atoms with van der Waals surface area (Å²) in [4.78, 5) is 12.2. The van der Waals surface area contributed by atoms with E-state index in [4.69, 9.17) is 4.74 Å². The van der Waals surface area contributed by atoms with Crippen LogP contribution in [0.25, 0.3) is 5.69 Å². The summed E-state index contributed by atoms with van der Waals surface area (Å²) in [6.07, 6.45) is 1.72. The lowest BCUT2D eigenvalue weighted by Crippen LogP contribution is -2.22. The van der Waals surface area contributed by atoms with Crippen LogP contribution >= 0.6 is 15.9 Å². The summed E-state index contributed by atoms with van der Waals surface area (Å²) in [6, 6.07) is 17.0. The van der Waals surface area contributed by atoms with E-state index >= 15 is 0 Å². The van der Waals surface area contributed by atoms with Crippen LogP contribution in [0.4, 0.5) is 5.82 Å². The third-order valence-corrected chi connectivity index (χ3v) is 3.92. The molecule has 0 radical (unpaired) electrons. The van der Waals surface area contributed by atoms with Crippen molar-refractivity contribution in [3.05, 3.63) is 70.8 Å². The van der Waals surface area contributed by atoms with Crippen LogP contribution in [0.2, 0.25) is 0 Å². The van der Waals surface area contributed by atoms with Crippen molar-refractivity contribution in [3.63, 3.8) is 0 Å². The van der Waals surface area contributed by atoms with Gasteiger partial charge in [0.15, 0.2) is 6.61 Å². The van der Waals surface area contributed by atoms with Crippen molar-refractivity contribution in [2.24, 2.45) is 0 Å². The molecule has 6 heteroatoms. The standard InChI is InChI=1S/C18H16BrN3O2/c1-13-11-20-22(15-5-3-2-4-6-15)18(13)21-17(23)12-24-16-9-7-14(19)8-10-16/h2-11H,12H2,1H3,(H,21,23). The minimum absolute atomic E-state index is 0.0684. The summed E-state index contributed by atoms with van der Waals surface area (Å²) < 4.78 is 8.16. The van der Waals surface area contributed by atoms with E-state index in [0.717, 1.165) is 15.7 Å². The zero-order chi connectivity index (χ0) is 16.9. The van der Waals surface area contributed by atoms with Crippen molar-refractivity contribution in [1.82, 2.24) is 9.78 Å². The van der Waals surface area contributed by atoms with E-state index in [1.807, 2.05) is 49.4 Å². The third kappa shape index (κ3) is 3.83. The lowest BCUT2D eigenvalue weighted by molar-refractivity contribution is -0.118. The van der Waals surface area contributed by atoms with Crippen molar-refractivity contribution < 1.29 is 9.53 Å². The van der Waals surface area contributed by atoms with Gasteiger partial charge in [-0.25, -0.2) is 4.68 Å². The Balaban J connectivity index is 1.68. The van der Waals surface area contributed by atoms with Crippen LogP contribution in [0.5, 0.6) is 5.75 Å². The second kappa shape index (κ2) is 7.31. The summed E-state index contributed by atoms with van der Waals surface area (Å²) in [6.45, 7) is 1.83. The Morgan fingerprint density at radius 2 is 1.88 bits per heavy atom. The van der Waals surface area contributed by atoms with E-state index in [1.165, 1.54) is 0 Å². The lowest BCUT2D eigenvalue weighted by Gasteiger charge is -2.11. The summed E-state index contributed by atoms with van der Waals surface area (Å²) in [5.41, 5.74) is 1.77. The monoisotopic (exact) mass is 385 g/mol. The molecule has 0 fully saturated rings. The molecule has 122 valence electrons. The van der Waals surface area contributed by atoms with Gasteiger partial charge in [-0.3, -0.25) is 4.79 Å². The number of carbonyl (C=O) groups excluding carboxylic acids is 1. The number of nitrogens with one attached hydrogen (secondary N) is 1. The van der Waals surface area contributed by atoms with Gasteiger partial charge in [0, 0.05) is 10.0 Å². The first-order chi connectivity index (χ1) is 11.6. The van der Waals surface area contributed by atoms with Crippen molar-refractivity contribution in [1.29, 1.82) is 0 Å². The third-order valence-electron chi connectivity index (χ3n) is 3.39. The van der Waals surface area contributed by atoms with Crippen molar-refractivity contribution >= 4 is 27.7 Å². The molecule has 0 aliphatic rings. The van der Waals surface area contributed by atoms with E-state index in [0.29, 0.717) is 11.6 Å². The van der Waals surface area contributed by atoms with Gasteiger partial charge in [-0.1, -0.05) is 34.1 Å². The van der Waals surface area contributed by atoms with Crippen LogP contribution in [0.3, 0.4) is 0 Å². The van der Waals surface area contributed by atoms with Gasteiger partial charge in [0.2, 0.25) is 0 Å². The van der Waals surface area contributed by atoms with Crippen molar-refractivity contribution in [2.75, 3.05) is 11.9 Å². The van der Waals surface area contributed by atoms with Crippen LogP contribution in [-0.4, -0.2) is 22.3 Å². The number of rotatable bonds is 5. The first-order valence-corrected chi connectivity index (χ1v) is 8.21. The molecule has 0 saturated heterocycles. The molecular weight excluding hydrogens is 370 g/mol. The SMILES string of the molecule is Cc1cnn(-c2ccccc2)c1NC(=O)COc1ccc(Br)cc1. The second-order valence-electron chi connectivity index (χ2n) is 5.21. The quantitative estimate of drug-likeness (QED) is 0.722. The van der Waals surface area contributed by atoms with Crippen LogP contribution in [0.1, 0.15) is 5.56 Å². The van der Waals surface area contributed by atoms with Crippen molar-refractivity contribution in [2.45, 2.75) is 6.92 Å². The molecule has 1 heterocycles. The summed E-state index contributed by atoms with van der Waals surface area (Å²) >= 11 is 3.36. The molecule has 0 aliphatic carbocycles. The highest BCUT2D eigenvalue weighted by molar-refractivity contribution is 9.10. The van der Waals surface area contributed by atoms with Gasteiger partial charge in [-0.2, -0.15) is 5.10 Å². The number of aryl methyl sites for hydroxylation is 1. The first kappa shape index (κ1) is 16.3. The molecule has 0 saturated carbocycles. The predicted molar refractivity (Wildman–Crippen MR) is 96.6 cm³/mol. The molecule has 3 rings (SSSR count). The molecule has 2 aromatic carbocycles. The number of hydrogen-bond acceptors (Lipinski definition) is 3. The van der Waals surface area contributed by atoms with E-state index in [1.54, 1.807) is 23.0 Å².